The average molecular weight is 541 g/mol. The molecule has 0 saturated carbocycles. The minimum atomic E-state index is -4.09. The van der Waals surface area contributed by atoms with E-state index in [0.29, 0.717) is 24.5 Å². The standard InChI is InChI=1S/C27H29FN4O5S/c1-37-24-12-6-5-11-22(24)31-38(35,36)25-17-19(13-14-23(25)32-15-7-2-8-16-32)30-26(33)18-29-27(34)20-9-3-4-10-21(20)28/h3-6,9-14,17,31H,2,7-8,15-16,18H2,1H3,(H,29,34)(H,30,33). The lowest BCUT2D eigenvalue weighted by Crippen LogP contribution is -2.33. The quantitative estimate of drug-likeness (QED) is 0.378. The van der Waals surface area contributed by atoms with Crippen molar-refractivity contribution in [2.24, 2.45) is 0 Å². The van der Waals surface area contributed by atoms with Gasteiger partial charge in [0.1, 0.15) is 16.5 Å². The normalized spacial score (nSPS) is 13.5. The Morgan fingerprint density at radius 1 is 0.974 bits per heavy atom. The number of carbonyl (C=O) groups is 2. The molecule has 9 nitrogen and oxygen atoms in total. The number of nitrogens with one attached hydrogen (secondary N) is 3. The summed E-state index contributed by atoms with van der Waals surface area (Å²) in [5, 5.41) is 4.98. The number of ether oxygens (including phenoxy) is 1. The number of hydrogen-bond donors (Lipinski definition) is 3. The monoisotopic (exact) mass is 540 g/mol. The van der Waals surface area contributed by atoms with Gasteiger partial charge in [0.2, 0.25) is 5.91 Å². The fourth-order valence-electron chi connectivity index (χ4n) is 4.24. The molecule has 0 radical (unpaired) electrons. The van der Waals surface area contributed by atoms with Crippen LogP contribution in [0, 0.1) is 5.82 Å². The zero-order valence-electron chi connectivity index (χ0n) is 20.9. The summed E-state index contributed by atoms with van der Waals surface area (Å²) in [6.45, 7) is 0.999. The van der Waals surface area contributed by atoms with Crippen LogP contribution in [0.2, 0.25) is 0 Å². The molecule has 0 unspecified atom stereocenters. The van der Waals surface area contributed by atoms with Gasteiger partial charge in [0, 0.05) is 18.8 Å². The van der Waals surface area contributed by atoms with Gasteiger partial charge >= 0.3 is 0 Å². The number of amides is 2. The van der Waals surface area contributed by atoms with Crippen molar-refractivity contribution < 1.29 is 27.1 Å². The first-order valence-electron chi connectivity index (χ1n) is 12.2. The van der Waals surface area contributed by atoms with Gasteiger partial charge in [0.15, 0.2) is 0 Å². The molecule has 200 valence electrons. The van der Waals surface area contributed by atoms with E-state index in [0.717, 1.165) is 25.3 Å². The Morgan fingerprint density at radius 2 is 1.68 bits per heavy atom. The maximum absolute atomic E-state index is 13.8. The third-order valence-corrected chi connectivity index (χ3v) is 7.50. The van der Waals surface area contributed by atoms with Crippen molar-refractivity contribution in [3.05, 3.63) is 78.1 Å². The van der Waals surface area contributed by atoms with Gasteiger partial charge in [-0.15, -0.1) is 0 Å². The molecule has 0 spiro atoms. The molecule has 3 N–H and O–H groups in total. The third kappa shape index (κ3) is 6.41. The second-order valence-corrected chi connectivity index (χ2v) is 10.4. The number of sulfonamides is 1. The Hall–Kier alpha value is -4.12. The molecule has 1 aliphatic rings. The molecule has 11 heteroatoms. The van der Waals surface area contributed by atoms with E-state index in [4.69, 9.17) is 4.74 Å². The molecule has 2 amide bonds. The summed E-state index contributed by atoms with van der Waals surface area (Å²) in [5.41, 5.74) is 0.862. The molecule has 3 aromatic rings. The molecular formula is C27H29FN4O5S. The van der Waals surface area contributed by atoms with Crippen molar-refractivity contribution in [1.82, 2.24) is 5.32 Å². The topological polar surface area (TPSA) is 117 Å². The van der Waals surface area contributed by atoms with Crippen LogP contribution in [-0.2, 0) is 14.8 Å². The maximum Gasteiger partial charge on any atom is 0.264 e. The number of carbonyl (C=O) groups excluding carboxylic acids is 2. The lowest BCUT2D eigenvalue weighted by Gasteiger charge is -2.30. The Kier molecular flexibility index (Phi) is 8.47. The highest BCUT2D eigenvalue weighted by molar-refractivity contribution is 7.93. The molecule has 0 aliphatic carbocycles. The summed E-state index contributed by atoms with van der Waals surface area (Å²) in [4.78, 5) is 26.8. The minimum absolute atomic E-state index is 0.00139. The second kappa shape index (κ2) is 12.0. The van der Waals surface area contributed by atoms with Crippen molar-refractivity contribution in [2.75, 3.05) is 41.7 Å². The van der Waals surface area contributed by atoms with E-state index in [-0.39, 0.29) is 21.8 Å². The van der Waals surface area contributed by atoms with Gasteiger partial charge in [-0.05, 0) is 61.7 Å². The second-order valence-electron chi connectivity index (χ2n) is 8.75. The summed E-state index contributed by atoms with van der Waals surface area (Å²) in [7, 11) is -2.63. The summed E-state index contributed by atoms with van der Waals surface area (Å²) in [5.74, 6) is -1.66. The van der Waals surface area contributed by atoms with Crippen LogP contribution in [0.15, 0.2) is 71.6 Å². The molecule has 3 aromatic carbocycles. The van der Waals surface area contributed by atoms with E-state index in [9.17, 15) is 22.4 Å². The molecular weight excluding hydrogens is 511 g/mol. The van der Waals surface area contributed by atoms with Gasteiger partial charge in [-0.3, -0.25) is 14.3 Å². The third-order valence-electron chi connectivity index (χ3n) is 6.11. The van der Waals surface area contributed by atoms with E-state index in [1.54, 1.807) is 36.4 Å². The first-order chi connectivity index (χ1) is 18.3. The summed E-state index contributed by atoms with van der Waals surface area (Å²) >= 11 is 0. The Balaban J connectivity index is 1.56. The number of anilines is 3. The van der Waals surface area contributed by atoms with E-state index < -0.39 is 34.2 Å². The van der Waals surface area contributed by atoms with Crippen LogP contribution >= 0.6 is 0 Å². The van der Waals surface area contributed by atoms with Gasteiger partial charge < -0.3 is 20.3 Å². The van der Waals surface area contributed by atoms with E-state index in [1.165, 1.54) is 31.4 Å². The van der Waals surface area contributed by atoms with Crippen molar-refractivity contribution in [3.63, 3.8) is 0 Å². The molecule has 1 fully saturated rings. The summed E-state index contributed by atoms with van der Waals surface area (Å²) in [6.07, 6.45) is 2.96. The Bertz CT molecular complexity index is 1420. The smallest absolute Gasteiger partial charge is 0.264 e. The van der Waals surface area contributed by atoms with Crippen molar-refractivity contribution in [2.45, 2.75) is 24.2 Å². The molecule has 4 rings (SSSR count). The highest BCUT2D eigenvalue weighted by Gasteiger charge is 2.25. The fraction of sp³-hybridized carbons (Fsp3) is 0.259. The molecule has 1 saturated heterocycles. The predicted molar refractivity (Wildman–Crippen MR) is 144 cm³/mol. The number of nitrogens with zero attached hydrogens (tertiary/aromatic N) is 1. The number of halogens is 1. The van der Waals surface area contributed by atoms with Crippen LogP contribution in [0.3, 0.4) is 0 Å². The Morgan fingerprint density at radius 3 is 2.42 bits per heavy atom. The lowest BCUT2D eigenvalue weighted by atomic mass is 10.1. The van der Waals surface area contributed by atoms with Crippen LogP contribution in [0.25, 0.3) is 0 Å². The van der Waals surface area contributed by atoms with Crippen LogP contribution < -0.4 is 25.0 Å². The van der Waals surface area contributed by atoms with Gasteiger partial charge in [0.05, 0.1) is 30.6 Å². The van der Waals surface area contributed by atoms with Gasteiger partial charge in [-0.25, -0.2) is 12.8 Å². The first-order valence-corrected chi connectivity index (χ1v) is 13.6. The number of hydrogen-bond acceptors (Lipinski definition) is 6. The molecule has 0 atom stereocenters. The summed E-state index contributed by atoms with van der Waals surface area (Å²) < 4.78 is 48.9. The van der Waals surface area contributed by atoms with E-state index in [1.807, 2.05) is 4.90 Å². The number of rotatable bonds is 9. The van der Waals surface area contributed by atoms with E-state index >= 15 is 0 Å². The number of methoxy groups -OCH3 is 1. The molecule has 0 aromatic heterocycles. The fourth-order valence-corrected chi connectivity index (χ4v) is 5.56. The first kappa shape index (κ1) is 26.9. The molecule has 0 bridgehead atoms. The van der Waals surface area contributed by atoms with Crippen molar-refractivity contribution >= 4 is 38.9 Å². The van der Waals surface area contributed by atoms with Crippen LogP contribution in [-0.4, -0.2) is 47.0 Å². The maximum atomic E-state index is 13.8. The zero-order chi connectivity index (χ0) is 27.1. The van der Waals surface area contributed by atoms with Crippen LogP contribution in [0.5, 0.6) is 5.75 Å². The number of benzene rings is 3. The zero-order valence-corrected chi connectivity index (χ0v) is 21.7. The molecule has 38 heavy (non-hydrogen) atoms. The molecule has 1 heterocycles. The van der Waals surface area contributed by atoms with Crippen molar-refractivity contribution in [3.8, 4) is 5.75 Å². The largest absolute Gasteiger partial charge is 0.495 e. The van der Waals surface area contributed by atoms with Crippen LogP contribution in [0.4, 0.5) is 21.5 Å². The average Bonchev–Trinajstić information content (AvgIpc) is 2.92. The van der Waals surface area contributed by atoms with Gasteiger partial charge in [0.25, 0.3) is 15.9 Å². The predicted octanol–water partition coefficient (Wildman–Crippen LogP) is 3.99. The molecule has 1 aliphatic heterocycles. The van der Waals surface area contributed by atoms with E-state index in [2.05, 4.69) is 15.4 Å². The minimum Gasteiger partial charge on any atom is -0.495 e. The highest BCUT2D eigenvalue weighted by Crippen LogP contribution is 2.33. The number of para-hydroxylation sites is 2. The van der Waals surface area contributed by atoms with Gasteiger partial charge in [-0.2, -0.15) is 0 Å². The van der Waals surface area contributed by atoms with Crippen LogP contribution in [0.1, 0.15) is 29.6 Å². The van der Waals surface area contributed by atoms with Gasteiger partial charge in [-0.1, -0.05) is 24.3 Å². The van der Waals surface area contributed by atoms with Crippen molar-refractivity contribution in [1.29, 1.82) is 0 Å². The lowest BCUT2D eigenvalue weighted by molar-refractivity contribution is -0.115. The summed E-state index contributed by atoms with van der Waals surface area (Å²) in [6, 6.07) is 16.8. The highest BCUT2D eigenvalue weighted by atomic mass is 32.2. The SMILES string of the molecule is COc1ccccc1NS(=O)(=O)c1cc(NC(=O)CNC(=O)c2ccccc2F)ccc1N1CCCCC1. The Labute approximate surface area is 221 Å². The number of piperidine rings is 1.